The van der Waals surface area contributed by atoms with Crippen LogP contribution in [0.15, 0.2) is 76.5 Å². The van der Waals surface area contributed by atoms with Gasteiger partial charge < -0.3 is 4.74 Å². The molecule has 0 aliphatic heterocycles. The topological polar surface area (TPSA) is 52.4 Å². The van der Waals surface area contributed by atoms with Crippen molar-refractivity contribution in [2.45, 2.75) is 23.3 Å². The largest absolute Gasteiger partial charge is 0.489 e. The minimum absolute atomic E-state index is 0.0720. The van der Waals surface area contributed by atoms with Gasteiger partial charge in [-0.05, 0) is 48.9 Å². The molecule has 0 radical (unpaired) electrons. The molecule has 26 heavy (non-hydrogen) atoms. The summed E-state index contributed by atoms with van der Waals surface area (Å²) in [5.74, 6) is 0.623. The zero-order chi connectivity index (χ0) is 18.5. The average molecular weight is 386 g/mol. The standard InChI is InChI=1S/C20H16ClNO3S/c1-14-5-8-18(9-6-14)26-20-10-7-15(11-19(20)22(23)24)13-25-17-4-2-3-16(21)12-17/h2-12H,13H2,1H3. The summed E-state index contributed by atoms with van der Waals surface area (Å²) in [6.07, 6.45) is 0. The molecular formula is C20H16ClNO3S. The predicted molar refractivity (Wildman–Crippen MR) is 104 cm³/mol. The van der Waals surface area contributed by atoms with E-state index in [-0.39, 0.29) is 17.2 Å². The number of nitro benzene ring substituents is 1. The molecule has 0 fully saturated rings. The van der Waals surface area contributed by atoms with Gasteiger partial charge in [0, 0.05) is 16.0 Å². The molecule has 0 unspecified atom stereocenters. The van der Waals surface area contributed by atoms with Gasteiger partial charge in [0.15, 0.2) is 0 Å². The first kappa shape index (κ1) is 18.3. The summed E-state index contributed by atoms with van der Waals surface area (Å²) in [6.45, 7) is 2.24. The number of ether oxygens (including phenoxy) is 1. The van der Waals surface area contributed by atoms with Crippen LogP contribution < -0.4 is 4.74 Å². The van der Waals surface area contributed by atoms with Crippen molar-refractivity contribution in [3.8, 4) is 5.75 Å². The number of nitrogens with zero attached hydrogens (tertiary/aromatic N) is 1. The Balaban J connectivity index is 1.77. The molecule has 0 aliphatic carbocycles. The molecule has 3 aromatic rings. The van der Waals surface area contributed by atoms with E-state index in [9.17, 15) is 10.1 Å². The highest BCUT2D eigenvalue weighted by molar-refractivity contribution is 7.99. The fourth-order valence-electron chi connectivity index (χ4n) is 2.34. The van der Waals surface area contributed by atoms with Gasteiger partial charge in [0.25, 0.3) is 5.69 Å². The first-order valence-corrected chi connectivity index (χ1v) is 9.11. The van der Waals surface area contributed by atoms with Crippen LogP contribution >= 0.6 is 23.4 Å². The van der Waals surface area contributed by atoms with E-state index in [0.29, 0.717) is 15.7 Å². The third kappa shape index (κ3) is 4.77. The molecule has 0 spiro atoms. The van der Waals surface area contributed by atoms with Crippen LogP contribution in [-0.2, 0) is 6.61 Å². The second-order valence-electron chi connectivity index (χ2n) is 5.72. The Morgan fingerprint density at radius 3 is 2.54 bits per heavy atom. The summed E-state index contributed by atoms with van der Waals surface area (Å²) in [6, 6.07) is 20.1. The lowest BCUT2D eigenvalue weighted by atomic mass is 10.2. The van der Waals surface area contributed by atoms with E-state index >= 15 is 0 Å². The molecule has 0 aliphatic rings. The molecule has 0 saturated carbocycles. The summed E-state index contributed by atoms with van der Waals surface area (Å²) in [5, 5.41) is 12.1. The zero-order valence-electron chi connectivity index (χ0n) is 14.0. The van der Waals surface area contributed by atoms with Crippen LogP contribution in [0.4, 0.5) is 5.69 Å². The third-order valence-electron chi connectivity index (χ3n) is 3.67. The molecular weight excluding hydrogens is 370 g/mol. The highest BCUT2D eigenvalue weighted by Crippen LogP contribution is 2.35. The van der Waals surface area contributed by atoms with Crippen LogP contribution in [0.3, 0.4) is 0 Å². The van der Waals surface area contributed by atoms with Crippen LogP contribution in [-0.4, -0.2) is 4.92 Å². The van der Waals surface area contributed by atoms with Crippen molar-refractivity contribution < 1.29 is 9.66 Å². The van der Waals surface area contributed by atoms with E-state index in [0.717, 1.165) is 16.0 Å². The lowest BCUT2D eigenvalue weighted by Crippen LogP contribution is -1.98. The number of hydrogen-bond donors (Lipinski definition) is 0. The number of halogens is 1. The Morgan fingerprint density at radius 1 is 1.08 bits per heavy atom. The second kappa shape index (κ2) is 8.25. The molecule has 0 aromatic heterocycles. The molecule has 0 amide bonds. The molecule has 0 saturated heterocycles. The Morgan fingerprint density at radius 2 is 1.85 bits per heavy atom. The van der Waals surface area contributed by atoms with Gasteiger partial charge in [0.1, 0.15) is 12.4 Å². The number of benzene rings is 3. The van der Waals surface area contributed by atoms with Gasteiger partial charge in [-0.1, -0.05) is 53.2 Å². The van der Waals surface area contributed by atoms with E-state index in [4.69, 9.17) is 16.3 Å². The van der Waals surface area contributed by atoms with Gasteiger partial charge in [-0.25, -0.2) is 0 Å². The Bertz CT molecular complexity index is 929. The Kier molecular flexibility index (Phi) is 5.81. The summed E-state index contributed by atoms with van der Waals surface area (Å²) < 4.78 is 5.67. The maximum atomic E-state index is 11.5. The fourth-order valence-corrected chi connectivity index (χ4v) is 3.42. The van der Waals surface area contributed by atoms with Crippen molar-refractivity contribution in [2.24, 2.45) is 0 Å². The summed E-state index contributed by atoms with van der Waals surface area (Å²) in [7, 11) is 0. The highest BCUT2D eigenvalue weighted by atomic mass is 35.5. The number of hydrogen-bond acceptors (Lipinski definition) is 4. The molecule has 132 valence electrons. The monoisotopic (exact) mass is 385 g/mol. The Labute approximate surface area is 160 Å². The fraction of sp³-hybridized carbons (Fsp3) is 0.100. The summed E-state index contributed by atoms with van der Waals surface area (Å²) >= 11 is 7.31. The first-order chi connectivity index (χ1) is 12.5. The van der Waals surface area contributed by atoms with Gasteiger partial charge in [-0.3, -0.25) is 10.1 Å². The predicted octanol–water partition coefficient (Wildman–Crippen LogP) is 6.29. The summed E-state index contributed by atoms with van der Waals surface area (Å²) in [4.78, 5) is 12.7. The van der Waals surface area contributed by atoms with Crippen LogP contribution in [0.1, 0.15) is 11.1 Å². The second-order valence-corrected chi connectivity index (χ2v) is 7.27. The lowest BCUT2D eigenvalue weighted by Gasteiger charge is -2.08. The minimum Gasteiger partial charge on any atom is -0.489 e. The van der Waals surface area contributed by atoms with Gasteiger partial charge in [-0.15, -0.1) is 0 Å². The maximum Gasteiger partial charge on any atom is 0.283 e. The number of aryl methyl sites for hydroxylation is 1. The molecule has 0 atom stereocenters. The normalized spacial score (nSPS) is 10.5. The number of nitro groups is 1. The molecule has 0 N–H and O–H groups in total. The minimum atomic E-state index is -0.362. The zero-order valence-corrected chi connectivity index (χ0v) is 15.6. The highest BCUT2D eigenvalue weighted by Gasteiger charge is 2.16. The first-order valence-electron chi connectivity index (χ1n) is 7.91. The van der Waals surface area contributed by atoms with E-state index in [2.05, 4.69) is 0 Å². The molecule has 0 heterocycles. The number of rotatable bonds is 6. The Hall–Kier alpha value is -2.50. The van der Waals surface area contributed by atoms with Crippen molar-refractivity contribution >= 4 is 29.1 Å². The SMILES string of the molecule is Cc1ccc(Sc2ccc(COc3cccc(Cl)c3)cc2[N+](=O)[O-])cc1. The van der Waals surface area contributed by atoms with Crippen LogP contribution in [0.2, 0.25) is 5.02 Å². The van der Waals surface area contributed by atoms with Gasteiger partial charge in [0.2, 0.25) is 0 Å². The van der Waals surface area contributed by atoms with Crippen molar-refractivity contribution in [1.29, 1.82) is 0 Å². The smallest absolute Gasteiger partial charge is 0.283 e. The van der Waals surface area contributed by atoms with Crippen molar-refractivity contribution in [3.05, 3.63) is 93.0 Å². The van der Waals surface area contributed by atoms with Crippen LogP contribution in [0.5, 0.6) is 5.75 Å². The van der Waals surface area contributed by atoms with Crippen molar-refractivity contribution in [2.75, 3.05) is 0 Å². The van der Waals surface area contributed by atoms with E-state index in [1.54, 1.807) is 36.4 Å². The van der Waals surface area contributed by atoms with Gasteiger partial charge in [0.05, 0.1) is 9.82 Å². The summed E-state index contributed by atoms with van der Waals surface area (Å²) in [5.41, 5.74) is 1.95. The van der Waals surface area contributed by atoms with Crippen LogP contribution in [0, 0.1) is 17.0 Å². The molecule has 4 nitrogen and oxygen atoms in total. The maximum absolute atomic E-state index is 11.5. The van der Waals surface area contributed by atoms with E-state index < -0.39 is 0 Å². The average Bonchev–Trinajstić information content (AvgIpc) is 2.62. The van der Waals surface area contributed by atoms with Crippen molar-refractivity contribution in [1.82, 2.24) is 0 Å². The molecule has 6 heteroatoms. The quantitative estimate of drug-likeness (QED) is 0.369. The third-order valence-corrected chi connectivity index (χ3v) is 4.98. The van der Waals surface area contributed by atoms with Gasteiger partial charge >= 0.3 is 0 Å². The van der Waals surface area contributed by atoms with Crippen LogP contribution in [0.25, 0.3) is 0 Å². The molecule has 3 rings (SSSR count). The van der Waals surface area contributed by atoms with Gasteiger partial charge in [-0.2, -0.15) is 0 Å². The molecule has 0 bridgehead atoms. The van der Waals surface area contributed by atoms with E-state index in [1.165, 1.54) is 11.8 Å². The van der Waals surface area contributed by atoms with E-state index in [1.807, 2.05) is 37.3 Å². The lowest BCUT2D eigenvalue weighted by molar-refractivity contribution is -0.387. The van der Waals surface area contributed by atoms with Crippen molar-refractivity contribution in [3.63, 3.8) is 0 Å². The molecule has 3 aromatic carbocycles.